The number of halogens is 3. The molecule has 0 aromatic heterocycles. The first-order chi connectivity index (χ1) is 10.5. The van der Waals surface area contributed by atoms with Gasteiger partial charge >= 0.3 is 0 Å². The van der Waals surface area contributed by atoms with Gasteiger partial charge in [-0.25, -0.2) is 0 Å². The molecule has 1 N–H and O–H groups in total. The summed E-state index contributed by atoms with van der Waals surface area (Å²) in [4.78, 5) is 12.4. The van der Waals surface area contributed by atoms with E-state index in [0.29, 0.717) is 27.8 Å². The number of methoxy groups -OCH3 is 2. The maximum atomic E-state index is 12.4. The van der Waals surface area contributed by atoms with Gasteiger partial charge in [-0.15, -0.1) is 0 Å². The van der Waals surface area contributed by atoms with E-state index in [2.05, 4.69) is 21.2 Å². The van der Waals surface area contributed by atoms with Crippen molar-refractivity contribution < 1.29 is 14.3 Å². The molecule has 7 heteroatoms. The molecule has 0 spiro atoms. The van der Waals surface area contributed by atoms with Gasteiger partial charge in [0, 0.05) is 17.2 Å². The molecule has 0 unspecified atom stereocenters. The lowest BCUT2D eigenvalue weighted by molar-refractivity contribution is 0.102. The lowest BCUT2D eigenvalue weighted by Crippen LogP contribution is -2.13. The molecule has 0 atom stereocenters. The SMILES string of the molecule is COc1cc(NC(=O)c2ccc(Cl)cc2Cl)c(OC)cc1Br. The lowest BCUT2D eigenvalue weighted by atomic mass is 10.2. The van der Waals surface area contributed by atoms with Crippen molar-refractivity contribution in [1.29, 1.82) is 0 Å². The molecule has 2 aromatic rings. The Morgan fingerprint density at radius 2 is 1.77 bits per heavy atom. The van der Waals surface area contributed by atoms with E-state index in [9.17, 15) is 4.79 Å². The largest absolute Gasteiger partial charge is 0.495 e. The van der Waals surface area contributed by atoms with Gasteiger partial charge in [-0.2, -0.15) is 0 Å². The average Bonchev–Trinajstić information content (AvgIpc) is 2.48. The second-order valence-corrected chi connectivity index (χ2v) is 5.96. The number of ether oxygens (including phenoxy) is 2. The number of benzene rings is 2. The molecule has 0 radical (unpaired) electrons. The molecular formula is C15H12BrCl2NO3. The van der Waals surface area contributed by atoms with Crippen molar-refractivity contribution in [3.8, 4) is 11.5 Å². The molecule has 0 heterocycles. The first-order valence-electron chi connectivity index (χ1n) is 6.14. The van der Waals surface area contributed by atoms with Gasteiger partial charge in [-0.3, -0.25) is 4.79 Å². The summed E-state index contributed by atoms with van der Waals surface area (Å²) in [5, 5.41) is 3.48. The van der Waals surface area contributed by atoms with Crippen LogP contribution in [-0.4, -0.2) is 20.1 Å². The van der Waals surface area contributed by atoms with E-state index < -0.39 is 0 Å². The van der Waals surface area contributed by atoms with Crippen LogP contribution in [0.5, 0.6) is 11.5 Å². The Kier molecular flexibility index (Phi) is 5.56. The van der Waals surface area contributed by atoms with Gasteiger partial charge in [-0.05, 0) is 34.1 Å². The van der Waals surface area contributed by atoms with Crippen LogP contribution in [0.1, 0.15) is 10.4 Å². The molecule has 2 rings (SSSR count). The van der Waals surface area contributed by atoms with E-state index in [0.717, 1.165) is 4.47 Å². The van der Waals surface area contributed by atoms with Crippen molar-refractivity contribution in [2.24, 2.45) is 0 Å². The minimum atomic E-state index is -0.371. The van der Waals surface area contributed by atoms with Gasteiger partial charge in [0.2, 0.25) is 0 Å². The predicted octanol–water partition coefficient (Wildman–Crippen LogP) is 5.03. The summed E-state index contributed by atoms with van der Waals surface area (Å²) >= 11 is 15.2. The number of rotatable bonds is 4. The summed E-state index contributed by atoms with van der Waals surface area (Å²) < 4.78 is 11.2. The van der Waals surface area contributed by atoms with Gasteiger partial charge in [0.05, 0.1) is 35.0 Å². The quantitative estimate of drug-likeness (QED) is 0.777. The molecule has 2 aromatic carbocycles. The third-order valence-corrected chi connectivity index (χ3v) is 4.07. The van der Waals surface area contributed by atoms with E-state index >= 15 is 0 Å². The van der Waals surface area contributed by atoms with Crippen LogP contribution in [0.2, 0.25) is 10.0 Å². The Balaban J connectivity index is 2.35. The number of carbonyl (C=O) groups is 1. The minimum absolute atomic E-state index is 0.271. The summed E-state index contributed by atoms with van der Waals surface area (Å²) in [7, 11) is 3.05. The number of anilines is 1. The molecule has 22 heavy (non-hydrogen) atoms. The number of hydrogen-bond donors (Lipinski definition) is 1. The van der Waals surface area contributed by atoms with E-state index in [1.807, 2.05) is 0 Å². The van der Waals surface area contributed by atoms with Crippen molar-refractivity contribution >= 4 is 50.7 Å². The zero-order chi connectivity index (χ0) is 16.3. The topological polar surface area (TPSA) is 47.6 Å². The highest BCUT2D eigenvalue weighted by Crippen LogP contribution is 2.36. The van der Waals surface area contributed by atoms with Crippen LogP contribution in [0.15, 0.2) is 34.8 Å². The van der Waals surface area contributed by atoms with Crippen LogP contribution in [0.4, 0.5) is 5.69 Å². The average molecular weight is 405 g/mol. The van der Waals surface area contributed by atoms with E-state index in [-0.39, 0.29) is 10.9 Å². The molecule has 0 aliphatic heterocycles. The predicted molar refractivity (Wildman–Crippen MR) is 91.7 cm³/mol. The van der Waals surface area contributed by atoms with Crippen molar-refractivity contribution in [2.45, 2.75) is 0 Å². The van der Waals surface area contributed by atoms with Gasteiger partial charge in [0.25, 0.3) is 5.91 Å². The normalized spacial score (nSPS) is 10.2. The summed E-state index contributed by atoms with van der Waals surface area (Å²) in [6, 6.07) is 8.03. The van der Waals surface area contributed by atoms with Crippen LogP contribution >= 0.6 is 39.1 Å². The molecule has 0 aliphatic carbocycles. The van der Waals surface area contributed by atoms with Gasteiger partial charge < -0.3 is 14.8 Å². The second kappa shape index (κ2) is 7.22. The van der Waals surface area contributed by atoms with Crippen molar-refractivity contribution in [1.82, 2.24) is 0 Å². The Hall–Kier alpha value is -1.43. The maximum Gasteiger partial charge on any atom is 0.257 e. The fraction of sp³-hybridized carbons (Fsp3) is 0.133. The van der Waals surface area contributed by atoms with Crippen molar-refractivity contribution in [3.63, 3.8) is 0 Å². The molecule has 1 amide bonds. The second-order valence-electron chi connectivity index (χ2n) is 4.27. The van der Waals surface area contributed by atoms with E-state index in [1.165, 1.54) is 20.3 Å². The standard InChI is InChI=1S/C15H12BrCl2NO3/c1-21-13-7-12(14(22-2)6-10(13)16)19-15(20)9-4-3-8(17)5-11(9)18/h3-7H,1-2H3,(H,19,20). The highest BCUT2D eigenvalue weighted by Gasteiger charge is 2.15. The molecule has 0 saturated heterocycles. The minimum Gasteiger partial charge on any atom is -0.495 e. The number of hydrogen-bond acceptors (Lipinski definition) is 3. The third kappa shape index (κ3) is 3.66. The third-order valence-electron chi connectivity index (χ3n) is 2.90. The Morgan fingerprint density at radius 3 is 2.36 bits per heavy atom. The Morgan fingerprint density at radius 1 is 1.09 bits per heavy atom. The van der Waals surface area contributed by atoms with Crippen molar-refractivity contribution in [3.05, 3.63) is 50.4 Å². The van der Waals surface area contributed by atoms with Crippen LogP contribution in [0.3, 0.4) is 0 Å². The van der Waals surface area contributed by atoms with Crippen molar-refractivity contribution in [2.75, 3.05) is 19.5 Å². The monoisotopic (exact) mass is 403 g/mol. The molecule has 0 fully saturated rings. The lowest BCUT2D eigenvalue weighted by Gasteiger charge is -2.13. The summed E-state index contributed by atoms with van der Waals surface area (Å²) in [5.74, 6) is 0.689. The highest BCUT2D eigenvalue weighted by molar-refractivity contribution is 9.10. The summed E-state index contributed by atoms with van der Waals surface area (Å²) in [6.45, 7) is 0. The fourth-order valence-electron chi connectivity index (χ4n) is 1.82. The van der Waals surface area contributed by atoms with E-state index in [4.69, 9.17) is 32.7 Å². The zero-order valence-corrected chi connectivity index (χ0v) is 14.8. The first-order valence-corrected chi connectivity index (χ1v) is 7.69. The molecule has 116 valence electrons. The first kappa shape index (κ1) is 16.9. The molecule has 0 aliphatic rings. The zero-order valence-electron chi connectivity index (χ0n) is 11.7. The molecule has 0 bridgehead atoms. The van der Waals surface area contributed by atoms with E-state index in [1.54, 1.807) is 24.3 Å². The summed E-state index contributed by atoms with van der Waals surface area (Å²) in [6.07, 6.45) is 0. The van der Waals surface area contributed by atoms with Crippen LogP contribution in [0, 0.1) is 0 Å². The fourth-order valence-corrected chi connectivity index (χ4v) is 2.80. The summed E-state index contributed by atoms with van der Waals surface area (Å²) in [5.41, 5.74) is 0.786. The number of carbonyl (C=O) groups excluding carboxylic acids is 1. The van der Waals surface area contributed by atoms with Crippen LogP contribution < -0.4 is 14.8 Å². The number of amides is 1. The Labute approximate surface area is 146 Å². The van der Waals surface area contributed by atoms with Crippen LogP contribution in [-0.2, 0) is 0 Å². The van der Waals surface area contributed by atoms with Crippen LogP contribution in [0.25, 0.3) is 0 Å². The molecule has 0 saturated carbocycles. The molecular weight excluding hydrogens is 393 g/mol. The maximum absolute atomic E-state index is 12.4. The Bertz CT molecular complexity index is 722. The van der Waals surface area contributed by atoms with Gasteiger partial charge in [0.1, 0.15) is 11.5 Å². The smallest absolute Gasteiger partial charge is 0.257 e. The van der Waals surface area contributed by atoms with Gasteiger partial charge in [0.15, 0.2) is 0 Å². The van der Waals surface area contributed by atoms with Gasteiger partial charge in [-0.1, -0.05) is 23.2 Å². The molecule has 4 nitrogen and oxygen atoms in total. The number of nitrogens with one attached hydrogen (secondary N) is 1. The highest BCUT2D eigenvalue weighted by atomic mass is 79.9.